The molecular formula is C23H25F3N4O2. The Balaban J connectivity index is 1.67. The maximum Gasteiger partial charge on any atom is 0.449 e. The second-order valence-corrected chi connectivity index (χ2v) is 8.07. The number of aromatic nitrogens is 3. The fraction of sp³-hybridized carbons (Fsp3) is 0.435. The molecule has 4 rings (SSSR count). The molecule has 1 saturated heterocycles. The van der Waals surface area contributed by atoms with E-state index >= 15 is 0 Å². The van der Waals surface area contributed by atoms with Gasteiger partial charge in [-0.15, -0.1) is 0 Å². The standard InChI is InChI=1S/C23H25F3N4O2/c1-16(18-5-4-10-27-13-18)29(14-17-8-11-32-12-9-17)21(31)15-30-20-7-3-2-6-19(20)28-22(30)23(24,25)26/h2-7,10,13,16-17H,8-9,11-12,14-15H2,1H3. The summed E-state index contributed by atoms with van der Waals surface area (Å²) in [6.45, 7) is 3.14. The molecule has 2 aromatic heterocycles. The summed E-state index contributed by atoms with van der Waals surface area (Å²) in [5.74, 6) is -1.22. The number of imidazole rings is 1. The molecule has 0 aliphatic carbocycles. The number of alkyl halides is 3. The topological polar surface area (TPSA) is 60.3 Å². The molecular weight excluding hydrogens is 421 g/mol. The third-order valence-corrected chi connectivity index (χ3v) is 5.95. The lowest BCUT2D eigenvalue weighted by Gasteiger charge is -2.34. The van der Waals surface area contributed by atoms with Crippen LogP contribution in [0.15, 0.2) is 48.8 Å². The zero-order valence-electron chi connectivity index (χ0n) is 17.8. The first kappa shape index (κ1) is 22.3. The summed E-state index contributed by atoms with van der Waals surface area (Å²) in [6, 6.07) is 9.67. The van der Waals surface area contributed by atoms with Crippen LogP contribution in [0.5, 0.6) is 0 Å². The highest BCUT2D eigenvalue weighted by atomic mass is 19.4. The fourth-order valence-electron chi connectivity index (χ4n) is 4.16. The summed E-state index contributed by atoms with van der Waals surface area (Å²) in [4.78, 5) is 23.0. The monoisotopic (exact) mass is 446 g/mol. The summed E-state index contributed by atoms with van der Waals surface area (Å²) in [6.07, 6.45) is 0.285. The molecule has 0 saturated carbocycles. The predicted molar refractivity (Wildman–Crippen MR) is 113 cm³/mol. The molecule has 9 heteroatoms. The Kier molecular flexibility index (Phi) is 6.45. The number of amides is 1. The zero-order valence-corrected chi connectivity index (χ0v) is 17.8. The summed E-state index contributed by atoms with van der Waals surface area (Å²) in [5, 5.41) is 0. The Hall–Kier alpha value is -2.94. The molecule has 1 fully saturated rings. The van der Waals surface area contributed by atoms with Gasteiger partial charge >= 0.3 is 6.18 Å². The highest BCUT2D eigenvalue weighted by molar-refractivity contribution is 5.81. The summed E-state index contributed by atoms with van der Waals surface area (Å²) in [5.41, 5.74) is 1.33. The second-order valence-electron chi connectivity index (χ2n) is 8.07. The van der Waals surface area contributed by atoms with Crippen molar-refractivity contribution in [1.82, 2.24) is 19.4 Å². The van der Waals surface area contributed by atoms with Crippen molar-refractivity contribution in [1.29, 1.82) is 0 Å². The van der Waals surface area contributed by atoms with Crippen molar-refractivity contribution in [3.8, 4) is 0 Å². The molecule has 0 radical (unpaired) electrons. The van der Waals surface area contributed by atoms with Gasteiger partial charge in [0.1, 0.15) is 6.54 Å². The van der Waals surface area contributed by atoms with Crippen LogP contribution in [0.3, 0.4) is 0 Å². The number of benzene rings is 1. The Morgan fingerprint density at radius 3 is 2.66 bits per heavy atom. The number of pyridine rings is 1. The fourth-order valence-corrected chi connectivity index (χ4v) is 4.16. The average molecular weight is 446 g/mol. The smallest absolute Gasteiger partial charge is 0.381 e. The molecule has 1 atom stereocenters. The van der Waals surface area contributed by atoms with E-state index < -0.39 is 18.5 Å². The number of fused-ring (bicyclic) bond motifs is 1. The van der Waals surface area contributed by atoms with Gasteiger partial charge in [0, 0.05) is 32.2 Å². The van der Waals surface area contributed by atoms with Crippen LogP contribution in [-0.4, -0.2) is 45.1 Å². The van der Waals surface area contributed by atoms with Gasteiger partial charge < -0.3 is 14.2 Å². The Bertz CT molecular complexity index is 1060. The van der Waals surface area contributed by atoms with Crippen LogP contribution in [0.1, 0.15) is 37.2 Å². The van der Waals surface area contributed by atoms with Crippen molar-refractivity contribution in [2.45, 2.75) is 38.5 Å². The van der Waals surface area contributed by atoms with E-state index in [9.17, 15) is 18.0 Å². The zero-order chi connectivity index (χ0) is 22.7. The molecule has 0 bridgehead atoms. The molecule has 170 valence electrons. The lowest BCUT2D eigenvalue weighted by Crippen LogP contribution is -2.41. The highest BCUT2D eigenvalue weighted by Crippen LogP contribution is 2.32. The SMILES string of the molecule is CC(c1cccnc1)N(CC1CCOCC1)C(=O)Cn1c(C(F)(F)F)nc2ccccc21. The van der Waals surface area contributed by atoms with Crippen LogP contribution in [0.4, 0.5) is 13.2 Å². The van der Waals surface area contributed by atoms with Crippen molar-refractivity contribution in [2.24, 2.45) is 5.92 Å². The number of nitrogens with zero attached hydrogens (tertiary/aromatic N) is 4. The molecule has 1 amide bonds. The minimum atomic E-state index is -4.67. The first-order valence-corrected chi connectivity index (χ1v) is 10.6. The maximum atomic E-state index is 13.7. The molecule has 0 spiro atoms. The Morgan fingerprint density at radius 2 is 1.97 bits per heavy atom. The van der Waals surface area contributed by atoms with Gasteiger partial charge in [0.05, 0.1) is 17.1 Å². The molecule has 0 N–H and O–H groups in total. The van der Waals surface area contributed by atoms with E-state index in [4.69, 9.17) is 4.74 Å². The lowest BCUT2D eigenvalue weighted by molar-refractivity contribution is -0.148. The van der Waals surface area contributed by atoms with Gasteiger partial charge in [-0.1, -0.05) is 18.2 Å². The predicted octanol–water partition coefficient (Wildman–Crippen LogP) is 4.47. The molecule has 1 aromatic carbocycles. The van der Waals surface area contributed by atoms with E-state index in [1.54, 1.807) is 41.6 Å². The summed E-state index contributed by atoms with van der Waals surface area (Å²) >= 11 is 0. The second kappa shape index (κ2) is 9.28. The van der Waals surface area contributed by atoms with Gasteiger partial charge in [-0.25, -0.2) is 4.98 Å². The van der Waals surface area contributed by atoms with Crippen molar-refractivity contribution < 1.29 is 22.7 Å². The summed E-state index contributed by atoms with van der Waals surface area (Å²) < 4.78 is 47.5. The first-order valence-electron chi connectivity index (χ1n) is 10.6. The molecule has 3 heterocycles. The molecule has 6 nitrogen and oxygen atoms in total. The van der Waals surface area contributed by atoms with Crippen LogP contribution in [-0.2, 0) is 22.3 Å². The van der Waals surface area contributed by atoms with E-state index in [-0.39, 0.29) is 28.9 Å². The third-order valence-electron chi connectivity index (χ3n) is 5.95. The molecule has 1 aliphatic rings. The summed E-state index contributed by atoms with van der Waals surface area (Å²) in [7, 11) is 0. The normalized spacial score (nSPS) is 16.2. The lowest BCUT2D eigenvalue weighted by atomic mass is 9.98. The number of halogens is 3. The van der Waals surface area contributed by atoms with E-state index in [0.29, 0.717) is 19.8 Å². The van der Waals surface area contributed by atoms with Crippen LogP contribution in [0.2, 0.25) is 0 Å². The van der Waals surface area contributed by atoms with Gasteiger partial charge in [-0.2, -0.15) is 13.2 Å². The average Bonchev–Trinajstić information content (AvgIpc) is 3.17. The van der Waals surface area contributed by atoms with Crippen LogP contribution in [0, 0.1) is 5.92 Å². The van der Waals surface area contributed by atoms with Crippen molar-refractivity contribution in [3.63, 3.8) is 0 Å². The minimum absolute atomic E-state index is 0.212. The number of hydrogen-bond acceptors (Lipinski definition) is 4. The van der Waals surface area contributed by atoms with Crippen molar-refractivity contribution in [3.05, 3.63) is 60.2 Å². The first-order chi connectivity index (χ1) is 15.3. The van der Waals surface area contributed by atoms with Crippen molar-refractivity contribution in [2.75, 3.05) is 19.8 Å². The number of para-hydroxylation sites is 2. The maximum absolute atomic E-state index is 13.7. The largest absolute Gasteiger partial charge is 0.449 e. The van der Waals surface area contributed by atoms with E-state index in [1.165, 1.54) is 6.07 Å². The van der Waals surface area contributed by atoms with Gasteiger partial charge in [-0.05, 0) is 49.4 Å². The van der Waals surface area contributed by atoms with E-state index in [2.05, 4.69) is 9.97 Å². The third kappa shape index (κ3) is 4.77. The van der Waals surface area contributed by atoms with Crippen LogP contribution >= 0.6 is 0 Å². The van der Waals surface area contributed by atoms with Gasteiger partial charge in [-0.3, -0.25) is 9.78 Å². The van der Waals surface area contributed by atoms with Crippen molar-refractivity contribution >= 4 is 16.9 Å². The van der Waals surface area contributed by atoms with Gasteiger partial charge in [0.25, 0.3) is 0 Å². The number of hydrogen-bond donors (Lipinski definition) is 0. The molecule has 3 aromatic rings. The van der Waals surface area contributed by atoms with Crippen LogP contribution in [0.25, 0.3) is 11.0 Å². The van der Waals surface area contributed by atoms with Gasteiger partial charge in [0.2, 0.25) is 11.7 Å². The Morgan fingerprint density at radius 1 is 1.22 bits per heavy atom. The number of rotatable bonds is 6. The van der Waals surface area contributed by atoms with E-state index in [1.807, 2.05) is 13.0 Å². The Labute approximate surface area is 184 Å². The molecule has 1 unspecified atom stereocenters. The highest BCUT2D eigenvalue weighted by Gasteiger charge is 2.38. The molecule has 1 aliphatic heterocycles. The van der Waals surface area contributed by atoms with E-state index in [0.717, 1.165) is 23.0 Å². The number of carbonyl (C=O) groups is 1. The van der Waals surface area contributed by atoms with Gasteiger partial charge in [0.15, 0.2) is 0 Å². The quantitative estimate of drug-likeness (QED) is 0.561. The van der Waals surface area contributed by atoms with Crippen LogP contribution < -0.4 is 0 Å². The number of ether oxygens (including phenoxy) is 1. The molecule has 32 heavy (non-hydrogen) atoms. The number of carbonyl (C=O) groups excluding carboxylic acids is 1. The minimum Gasteiger partial charge on any atom is -0.381 e.